The van der Waals surface area contributed by atoms with E-state index in [1.54, 1.807) is 7.11 Å². The van der Waals surface area contributed by atoms with E-state index in [1.807, 2.05) is 54.6 Å². The average molecular weight is 322 g/mol. The van der Waals surface area contributed by atoms with Gasteiger partial charge in [0, 0.05) is 12.1 Å². The summed E-state index contributed by atoms with van der Waals surface area (Å²) >= 11 is 0. The van der Waals surface area contributed by atoms with E-state index >= 15 is 0 Å². The zero-order valence-corrected chi connectivity index (χ0v) is 13.4. The van der Waals surface area contributed by atoms with Crippen molar-refractivity contribution in [1.29, 1.82) is 0 Å². The molecule has 0 bridgehead atoms. The summed E-state index contributed by atoms with van der Waals surface area (Å²) in [6, 6.07) is 17.2. The highest BCUT2D eigenvalue weighted by Crippen LogP contribution is 2.23. The normalized spacial score (nSPS) is 10.4. The molecule has 1 amide bonds. The molecule has 5 heteroatoms. The molecule has 24 heavy (non-hydrogen) atoms. The Labute approximate surface area is 140 Å². The molecule has 0 saturated carbocycles. The molecular weight excluding hydrogens is 304 g/mol. The van der Waals surface area contributed by atoms with Crippen molar-refractivity contribution in [2.24, 2.45) is 0 Å². The van der Waals surface area contributed by atoms with Crippen LogP contribution < -0.4 is 10.1 Å². The van der Waals surface area contributed by atoms with Gasteiger partial charge in [0.2, 0.25) is 0 Å². The molecule has 2 aromatic carbocycles. The summed E-state index contributed by atoms with van der Waals surface area (Å²) in [6.45, 7) is 0.532. The lowest BCUT2D eigenvalue weighted by molar-refractivity contribution is 0.0954. The van der Waals surface area contributed by atoms with Gasteiger partial charge in [-0.15, -0.1) is 0 Å². The Morgan fingerprint density at radius 2 is 1.88 bits per heavy atom. The summed E-state index contributed by atoms with van der Waals surface area (Å²) in [6.07, 6.45) is 2.19. The monoisotopic (exact) mass is 322 g/mol. The summed E-state index contributed by atoms with van der Waals surface area (Å²) < 4.78 is 10.4. The number of methoxy groups -OCH3 is 1. The van der Waals surface area contributed by atoms with Crippen LogP contribution in [0.3, 0.4) is 0 Å². The first-order valence-electron chi connectivity index (χ1n) is 7.69. The molecule has 3 aromatic rings. The molecule has 1 aromatic heterocycles. The van der Waals surface area contributed by atoms with Gasteiger partial charge in [0.05, 0.1) is 13.3 Å². The molecule has 0 spiro atoms. The van der Waals surface area contributed by atoms with Gasteiger partial charge in [0.1, 0.15) is 11.3 Å². The summed E-state index contributed by atoms with van der Waals surface area (Å²) in [7, 11) is 1.64. The van der Waals surface area contributed by atoms with Crippen molar-refractivity contribution in [3.8, 4) is 17.1 Å². The first-order chi connectivity index (χ1) is 11.8. The van der Waals surface area contributed by atoms with E-state index in [4.69, 9.17) is 9.26 Å². The largest absolute Gasteiger partial charge is 0.497 e. The van der Waals surface area contributed by atoms with Crippen LogP contribution in [0.4, 0.5) is 0 Å². The second kappa shape index (κ2) is 7.46. The molecule has 5 nitrogen and oxygen atoms in total. The molecule has 122 valence electrons. The maximum absolute atomic E-state index is 12.4. The second-order valence-corrected chi connectivity index (χ2v) is 5.29. The van der Waals surface area contributed by atoms with Crippen molar-refractivity contribution >= 4 is 5.91 Å². The number of amides is 1. The van der Waals surface area contributed by atoms with Gasteiger partial charge in [-0.1, -0.05) is 47.6 Å². The molecule has 0 aliphatic rings. The summed E-state index contributed by atoms with van der Waals surface area (Å²) in [5.41, 5.74) is 2.40. The van der Waals surface area contributed by atoms with Crippen LogP contribution in [0.15, 0.2) is 65.3 Å². The fraction of sp³-hybridized carbons (Fsp3) is 0.158. The molecule has 0 atom stereocenters. The van der Waals surface area contributed by atoms with Gasteiger partial charge in [-0.25, -0.2) is 0 Å². The van der Waals surface area contributed by atoms with E-state index < -0.39 is 0 Å². The van der Waals surface area contributed by atoms with E-state index in [1.165, 1.54) is 6.20 Å². The topological polar surface area (TPSA) is 64.4 Å². The van der Waals surface area contributed by atoms with Crippen LogP contribution in [0.5, 0.6) is 5.75 Å². The number of ether oxygens (including phenoxy) is 1. The Bertz CT molecular complexity index is 795. The van der Waals surface area contributed by atoms with Gasteiger partial charge in [0.15, 0.2) is 5.76 Å². The van der Waals surface area contributed by atoms with E-state index in [0.29, 0.717) is 17.9 Å². The van der Waals surface area contributed by atoms with Crippen LogP contribution in [0.25, 0.3) is 11.3 Å². The van der Waals surface area contributed by atoms with E-state index in [9.17, 15) is 4.79 Å². The molecule has 0 aliphatic carbocycles. The van der Waals surface area contributed by atoms with Crippen LogP contribution in [0, 0.1) is 0 Å². The van der Waals surface area contributed by atoms with Gasteiger partial charge in [-0.2, -0.15) is 0 Å². The number of carbonyl (C=O) groups excluding carboxylic acids is 1. The number of hydrogen-bond acceptors (Lipinski definition) is 4. The Balaban J connectivity index is 1.61. The molecule has 0 unspecified atom stereocenters. The SMILES string of the molecule is COc1ccc(CCNC(=O)c2cnoc2-c2ccccc2)cc1. The third-order valence-electron chi connectivity index (χ3n) is 3.71. The molecule has 0 fully saturated rings. The van der Waals surface area contributed by atoms with Crippen molar-refractivity contribution in [3.63, 3.8) is 0 Å². The lowest BCUT2D eigenvalue weighted by Gasteiger charge is -2.06. The van der Waals surface area contributed by atoms with Gasteiger partial charge in [-0.05, 0) is 24.1 Å². The number of benzene rings is 2. The van der Waals surface area contributed by atoms with Crippen molar-refractivity contribution < 1.29 is 14.1 Å². The second-order valence-electron chi connectivity index (χ2n) is 5.29. The fourth-order valence-corrected chi connectivity index (χ4v) is 2.41. The summed E-state index contributed by atoms with van der Waals surface area (Å²) in [4.78, 5) is 12.4. The molecule has 0 radical (unpaired) electrons. The van der Waals surface area contributed by atoms with E-state index in [-0.39, 0.29) is 5.91 Å². The van der Waals surface area contributed by atoms with Crippen molar-refractivity contribution in [2.75, 3.05) is 13.7 Å². The smallest absolute Gasteiger partial charge is 0.256 e. The number of carbonyl (C=O) groups is 1. The fourth-order valence-electron chi connectivity index (χ4n) is 2.41. The Morgan fingerprint density at radius 1 is 1.12 bits per heavy atom. The zero-order valence-electron chi connectivity index (χ0n) is 13.4. The predicted octanol–water partition coefficient (Wildman–Crippen LogP) is 3.32. The van der Waals surface area contributed by atoms with Crippen molar-refractivity contribution in [2.45, 2.75) is 6.42 Å². The molecule has 1 N–H and O–H groups in total. The highest BCUT2D eigenvalue weighted by Gasteiger charge is 2.17. The molecule has 1 heterocycles. The minimum atomic E-state index is -0.191. The van der Waals surface area contributed by atoms with Crippen LogP contribution >= 0.6 is 0 Å². The summed E-state index contributed by atoms with van der Waals surface area (Å²) in [5, 5.41) is 6.66. The average Bonchev–Trinajstić information content (AvgIpc) is 3.13. The van der Waals surface area contributed by atoms with Crippen LogP contribution in [0.1, 0.15) is 15.9 Å². The lowest BCUT2D eigenvalue weighted by atomic mass is 10.1. The van der Waals surface area contributed by atoms with Crippen LogP contribution in [-0.4, -0.2) is 24.7 Å². The molecule has 0 aliphatic heterocycles. The lowest BCUT2D eigenvalue weighted by Crippen LogP contribution is -2.25. The minimum Gasteiger partial charge on any atom is -0.497 e. The highest BCUT2D eigenvalue weighted by molar-refractivity contribution is 5.99. The van der Waals surface area contributed by atoms with Gasteiger partial charge < -0.3 is 14.6 Å². The standard InChI is InChI=1S/C19H18N2O3/c1-23-16-9-7-14(8-10-16)11-12-20-19(22)17-13-21-24-18(17)15-5-3-2-4-6-15/h2-10,13H,11-12H2,1H3,(H,20,22). The zero-order chi connectivity index (χ0) is 16.8. The van der Waals surface area contributed by atoms with E-state index in [0.717, 1.165) is 23.3 Å². The van der Waals surface area contributed by atoms with Crippen molar-refractivity contribution in [1.82, 2.24) is 10.5 Å². The Hall–Kier alpha value is -3.08. The van der Waals surface area contributed by atoms with Gasteiger partial charge in [-0.3, -0.25) is 4.79 Å². The number of nitrogens with zero attached hydrogens (tertiary/aromatic N) is 1. The highest BCUT2D eigenvalue weighted by atomic mass is 16.5. The van der Waals surface area contributed by atoms with E-state index in [2.05, 4.69) is 10.5 Å². The predicted molar refractivity (Wildman–Crippen MR) is 91.0 cm³/mol. The molecule has 3 rings (SSSR count). The number of rotatable bonds is 6. The number of nitrogens with one attached hydrogen (secondary N) is 1. The maximum Gasteiger partial charge on any atom is 0.256 e. The number of hydrogen-bond donors (Lipinski definition) is 1. The van der Waals surface area contributed by atoms with Crippen molar-refractivity contribution in [3.05, 3.63) is 71.9 Å². The number of aromatic nitrogens is 1. The quantitative estimate of drug-likeness (QED) is 0.756. The van der Waals surface area contributed by atoms with Gasteiger partial charge >= 0.3 is 0 Å². The Kier molecular flexibility index (Phi) is 4.91. The van der Waals surface area contributed by atoms with Gasteiger partial charge in [0.25, 0.3) is 5.91 Å². The van der Waals surface area contributed by atoms with Crippen LogP contribution in [-0.2, 0) is 6.42 Å². The third kappa shape index (κ3) is 3.63. The molecule has 0 saturated heterocycles. The van der Waals surface area contributed by atoms with Crippen LogP contribution in [0.2, 0.25) is 0 Å². The molecular formula is C19H18N2O3. The summed E-state index contributed by atoms with van der Waals surface area (Å²) in [5.74, 6) is 1.11. The first-order valence-corrected chi connectivity index (χ1v) is 7.69. The maximum atomic E-state index is 12.4. The third-order valence-corrected chi connectivity index (χ3v) is 3.71. The first kappa shape index (κ1) is 15.8. The Morgan fingerprint density at radius 3 is 2.58 bits per heavy atom. The minimum absolute atomic E-state index is 0.191.